The van der Waals surface area contributed by atoms with Gasteiger partial charge in [-0.3, -0.25) is 0 Å². The predicted octanol–water partition coefficient (Wildman–Crippen LogP) is 7.29. The van der Waals surface area contributed by atoms with E-state index in [2.05, 4.69) is 36.5 Å². The van der Waals surface area contributed by atoms with Crippen LogP contribution in [0.5, 0.6) is 5.75 Å². The van der Waals surface area contributed by atoms with Crippen LogP contribution in [0, 0.1) is 6.92 Å². The highest BCUT2D eigenvalue weighted by molar-refractivity contribution is 6.35. The van der Waals surface area contributed by atoms with E-state index in [1.54, 1.807) is 6.07 Å². The average molecular weight is 471 g/mol. The van der Waals surface area contributed by atoms with Crippen molar-refractivity contribution in [2.45, 2.75) is 26.5 Å². The molecule has 29 heavy (non-hydrogen) atoms. The van der Waals surface area contributed by atoms with Gasteiger partial charge in [0.2, 0.25) is 0 Å². The molecule has 0 fully saturated rings. The van der Waals surface area contributed by atoms with E-state index in [0.29, 0.717) is 28.9 Å². The molecule has 0 aliphatic heterocycles. The zero-order valence-electron chi connectivity index (χ0n) is 16.1. The Morgan fingerprint density at radius 1 is 0.828 bits per heavy atom. The maximum atomic E-state index is 6.40. The molecule has 0 saturated heterocycles. The van der Waals surface area contributed by atoms with Gasteiger partial charge in [-0.2, -0.15) is 0 Å². The molecular weight excluding hydrogens is 448 g/mol. The van der Waals surface area contributed by atoms with Gasteiger partial charge in [0.25, 0.3) is 0 Å². The first-order valence-corrected chi connectivity index (χ1v) is 10.3. The summed E-state index contributed by atoms with van der Waals surface area (Å²) in [6, 6.07) is 19.8. The van der Waals surface area contributed by atoms with Crippen LogP contribution in [0.1, 0.15) is 22.3 Å². The van der Waals surface area contributed by atoms with Gasteiger partial charge in [-0.1, -0.05) is 76.8 Å². The van der Waals surface area contributed by atoms with Crippen molar-refractivity contribution in [2.75, 3.05) is 6.54 Å². The molecule has 0 amide bonds. The summed E-state index contributed by atoms with van der Waals surface area (Å²) >= 11 is 18.5. The number of halogens is 4. The molecule has 0 aliphatic carbocycles. The number of hydrogen-bond donors (Lipinski definition) is 1. The van der Waals surface area contributed by atoms with Gasteiger partial charge in [-0.15, -0.1) is 12.4 Å². The molecule has 0 aromatic heterocycles. The average Bonchev–Trinajstić information content (AvgIpc) is 2.67. The smallest absolute Gasteiger partial charge is 0.142 e. The van der Waals surface area contributed by atoms with E-state index in [4.69, 9.17) is 39.5 Å². The number of benzene rings is 3. The van der Waals surface area contributed by atoms with Crippen LogP contribution in [0.25, 0.3) is 0 Å². The third kappa shape index (κ3) is 7.40. The van der Waals surface area contributed by atoms with Crippen LogP contribution in [0.4, 0.5) is 0 Å². The van der Waals surface area contributed by atoms with E-state index < -0.39 is 0 Å². The number of rotatable bonds is 8. The lowest BCUT2D eigenvalue weighted by atomic mass is 10.1. The Labute approximate surface area is 193 Å². The number of ether oxygens (including phenoxy) is 1. The molecule has 1 N–H and O–H groups in total. The fourth-order valence-electron chi connectivity index (χ4n) is 2.85. The molecule has 2 nitrogen and oxygen atoms in total. The Morgan fingerprint density at radius 2 is 1.48 bits per heavy atom. The minimum Gasteiger partial charge on any atom is -0.487 e. The number of hydrogen-bond acceptors (Lipinski definition) is 2. The molecule has 6 heteroatoms. The summed E-state index contributed by atoms with van der Waals surface area (Å²) < 4.78 is 6.03. The van der Waals surface area contributed by atoms with Crippen LogP contribution in [0.15, 0.2) is 60.7 Å². The van der Waals surface area contributed by atoms with E-state index in [-0.39, 0.29) is 12.4 Å². The number of nitrogens with one attached hydrogen (secondary N) is 1. The van der Waals surface area contributed by atoms with Crippen molar-refractivity contribution in [3.05, 3.63) is 98.0 Å². The highest BCUT2D eigenvalue weighted by atomic mass is 35.5. The Bertz CT molecular complexity index is 911. The molecule has 0 radical (unpaired) electrons. The molecule has 0 atom stereocenters. The molecular formula is C23H23Cl4NO. The van der Waals surface area contributed by atoms with E-state index in [9.17, 15) is 0 Å². The van der Waals surface area contributed by atoms with Crippen molar-refractivity contribution < 1.29 is 4.74 Å². The van der Waals surface area contributed by atoms with Crippen molar-refractivity contribution in [1.29, 1.82) is 0 Å². The third-order valence-corrected chi connectivity index (χ3v) is 5.16. The van der Waals surface area contributed by atoms with Crippen molar-refractivity contribution >= 4 is 47.2 Å². The fraction of sp³-hybridized carbons (Fsp3) is 0.217. The first kappa shape index (κ1) is 23.9. The Morgan fingerprint density at radius 3 is 2.17 bits per heavy atom. The Balaban J connectivity index is 0.00000300. The van der Waals surface area contributed by atoms with Gasteiger partial charge in [-0.25, -0.2) is 0 Å². The monoisotopic (exact) mass is 469 g/mol. The maximum absolute atomic E-state index is 6.40. The summed E-state index contributed by atoms with van der Waals surface area (Å²) in [5.41, 5.74) is 4.50. The summed E-state index contributed by atoms with van der Waals surface area (Å²) in [5.74, 6) is 0.672. The van der Waals surface area contributed by atoms with Gasteiger partial charge >= 0.3 is 0 Å². The maximum Gasteiger partial charge on any atom is 0.142 e. The first-order valence-electron chi connectivity index (χ1n) is 9.12. The van der Waals surface area contributed by atoms with Crippen LogP contribution in [-0.2, 0) is 19.6 Å². The lowest BCUT2D eigenvalue weighted by Crippen LogP contribution is -2.17. The molecule has 0 saturated carbocycles. The van der Waals surface area contributed by atoms with Gasteiger partial charge in [0, 0.05) is 22.2 Å². The number of aryl methyl sites for hydroxylation is 1. The lowest BCUT2D eigenvalue weighted by molar-refractivity contribution is 0.302. The van der Waals surface area contributed by atoms with Crippen LogP contribution in [0.2, 0.25) is 15.1 Å². The SMILES string of the molecule is Cc1ccc(COc2c(Cl)cc(Cl)cc2CNCCc2ccc(Cl)cc2)cc1.Cl. The minimum absolute atomic E-state index is 0. The van der Waals surface area contributed by atoms with E-state index in [1.807, 2.05) is 30.3 Å². The van der Waals surface area contributed by atoms with E-state index in [1.165, 1.54) is 11.1 Å². The highest BCUT2D eigenvalue weighted by Gasteiger charge is 2.11. The van der Waals surface area contributed by atoms with Crippen molar-refractivity contribution in [1.82, 2.24) is 5.32 Å². The van der Waals surface area contributed by atoms with Crippen LogP contribution in [0.3, 0.4) is 0 Å². The van der Waals surface area contributed by atoms with Gasteiger partial charge in [0.05, 0.1) is 5.02 Å². The van der Waals surface area contributed by atoms with Gasteiger partial charge in [0.15, 0.2) is 0 Å². The Kier molecular flexibility index (Phi) is 9.61. The second-order valence-corrected chi connectivity index (χ2v) is 7.98. The summed E-state index contributed by atoms with van der Waals surface area (Å²) in [5, 5.41) is 5.31. The molecule has 154 valence electrons. The van der Waals surface area contributed by atoms with E-state index in [0.717, 1.165) is 29.1 Å². The predicted molar refractivity (Wildman–Crippen MR) is 126 cm³/mol. The normalized spacial score (nSPS) is 10.5. The highest BCUT2D eigenvalue weighted by Crippen LogP contribution is 2.33. The second-order valence-electron chi connectivity index (χ2n) is 6.70. The first-order chi connectivity index (χ1) is 13.5. The molecule has 0 bridgehead atoms. The van der Waals surface area contributed by atoms with Crippen molar-refractivity contribution in [2.24, 2.45) is 0 Å². The zero-order valence-corrected chi connectivity index (χ0v) is 19.1. The largest absolute Gasteiger partial charge is 0.487 e. The van der Waals surface area contributed by atoms with Crippen LogP contribution < -0.4 is 10.1 Å². The molecule has 3 aromatic carbocycles. The van der Waals surface area contributed by atoms with Gasteiger partial charge < -0.3 is 10.1 Å². The standard InChI is InChI=1S/C23H22Cl3NO.ClH/c1-16-2-4-18(5-3-16)15-28-23-19(12-21(25)13-22(23)26)14-27-11-10-17-6-8-20(24)9-7-17;/h2-9,12-13,27H,10-11,14-15H2,1H3;1H. The second kappa shape index (κ2) is 11.7. The third-order valence-electron chi connectivity index (χ3n) is 4.41. The molecule has 0 heterocycles. The topological polar surface area (TPSA) is 21.3 Å². The molecule has 3 aromatic rings. The molecule has 0 spiro atoms. The van der Waals surface area contributed by atoms with Crippen molar-refractivity contribution in [3.63, 3.8) is 0 Å². The zero-order chi connectivity index (χ0) is 19.9. The van der Waals surface area contributed by atoms with E-state index >= 15 is 0 Å². The molecule has 3 rings (SSSR count). The summed E-state index contributed by atoms with van der Waals surface area (Å²) in [4.78, 5) is 0. The van der Waals surface area contributed by atoms with Gasteiger partial charge in [-0.05, 0) is 55.3 Å². The summed E-state index contributed by atoms with van der Waals surface area (Å²) in [7, 11) is 0. The molecule has 0 aliphatic rings. The van der Waals surface area contributed by atoms with Crippen molar-refractivity contribution in [3.8, 4) is 5.75 Å². The van der Waals surface area contributed by atoms with Crippen LogP contribution in [-0.4, -0.2) is 6.54 Å². The molecule has 0 unspecified atom stereocenters. The summed E-state index contributed by atoms with van der Waals surface area (Å²) in [6.07, 6.45) is 0.908. The summed E-state index contributed by atoms with van der Waals surface area (Å²) in [6.45, 7) is 3.97. The van der Waals surface area contributed by atoms with Gasteiger partial charge in [0.1, 0.15) is 12.4 Å². The quantitative estimate of drug-likeness (QED) is 0.349. The Hall–Kier alpha value is -1.42. The fourth-order valence-corrected chi connectivity index (χ4v) is 3.57. The lowest BCUT2D eigenvalue weighted by Gasteiger charge is -2.15. The minimum atomic E-state index is 0. The van der Waals surface area contributed by atoms with Crippen LogP contribution >= 0.6 is 47.2 Å².